The number of ether oxygens (including phenoxy) is 1. The second-order valence-electron chi connectivity index (χ2n) is 1.90. The van der Waals surface area contributed by atoms with Crippen molar-refractivity contribution < 1.29 is 4.74 Å². The van der Waals surface area contributed by atoms with Gasteiger partial charge >= 0.3 is 0 Å². The minimum absolute atomic E-state index is 0. The van der Waals surface area contributed by atoms with E-state index in [1.165, 1.54) is 0 Å². The molecule has 0 saturated carbocycles. The Morgan fingerprint density at radius 2 is 1.82 bits per heavy atom. The van der Waals surface area contributed by atoms with Crippen LogP contribution in [-0.2, 0) is 0 Å². The lowest BCUT2D eigenvalue weighted by atomic mass is 10.3. The second kappa shape index (κ2) is 5.50. The summed E-state index contributed by atoms with van der Waals surface area (Å²) in [6.45, 7) is 1.92. The zero-order chi connectivity index (χ0) is 7.23. The van der Waals surface area contributed by atoms with Gasteiger partial charge in [-0.3, -0.25) is 0 Å². The molecule has 0 aromatic heterocycles. The molecule has 0 atom stereocenters. The molecule has 2 nitrogen and oxygen atoms in total. The van der Waals surface area contributed by atoms with Crippen molar-refractivity contribution >= 4 is 0 Å². The summed E-state index contributed by atoms with van der Waals surface area (Å²) in [5, 5.41) is 0. The first-order chi connectivity index (χ1) is 4.93. The molecule has 0 fully saturated rings. The molecule has 0 aliphatic rings. The summed E-state index contributed by atoms with van der Waals surface area (Å²) in [5.74, 6) is 0.876. The van der Waals surface area contributed by atoms with E-state index in [1.54, 1.807) is 6.26 Å². The van der Waals surface area contributed by atoms with Crippen molar-refractivity contribution in [1.29, 1.82) is 0 Å². The predicted molar refractivity (Wildman–Crippen MR) is 46.9 cm³/mol. The van der Waals surface area contributed by atoms with E-state index >= 15 is 0 Å². The number of rotatable bonds is 2. The van der Waals surface area contributed by atoms with E-state index in [0.29, 0.717) is 0 Å². The molecule has 1 rings (SSSR count). The normalized spacial score (nSPS) is 9.18. The molecule has 3 N–H and O–H groups in total. The SMILES string of the molecule is CC=COc1ccccc1.N. The molecular formula is C9H13NO. The molecule has 60 valence electrons. The zero-order valence-corrected chi connectivity index (χ0v) is 6.66. The molecule has 0 aliphatic heterocycles. The first kappa shape index (κ1) is 9.72. The van der Waals surface area contributed by atoms with Crippen LogP contribution in [0.25, 0.3) is 0 Å². The molecule has 0 aliphatic carbocycles. The van der Waals surface area contributed by atoms with Gasteiger partial charge in [0.2, 0.25) is 0 Å². The van der Waals surface area contributed by atoms with Gasteiger partial charge in [0, 0.05) is 0 Å². The van der Waals surface area contributed by atoms with Gasteiger partial charge in [0.25, 0.3) is 0 Å². The first-order valence-electron chi connectivity index (χ1n) is 3.26. The van der Waals surface area contributed by atoms with Crippen LogP contribution in [0, 0.1) is 0 Å². The molecule has 0 spiro atoms. The van der Waals surface area contributed by atoms with E-state index in [0.717, 1.165) is 5.75 Å². The molecule has 1 aromatic rings. The molecule has 1 aromatic carbocycles. The Kier molecular flexibility index (Phi) is 4.86. The highest BCUT2D eigenvalue weighted by atomic mass is 16.5. The Balaban J connectivity index is 0.000001000. The molecule has 0 saturated heterocycles. The highest BCUT2D eigenvalue weighted by Crippen LogP contribution is 2.07. The van der Waals surface area contributed by atoms with Gasteiger partial charge in [-0.05, 0) is 19.1 Å². The standard InChI is InChI=1S/C9H10O.H3N/c1-2-8-10-9-6-4-3-5-7-9;/h2-8H,1H3;1H3. The zero-order valence-electron chi connectivity index (χ0n) is 6.66. The van der Waals surface area contributed by atoms with E-state index in [1.807, 2.05) is 43.3 Å². The van der Waals surface area contributed by atoms with Gasteiger partial charge in [-0.15, -0.1) is 0 Å². The van der Waals surface area contributed by atoms with Gasteiger partial charge in [-0.1, -0.05) is 24.3 Å². The average Bonchev–Trinajstić information content (AvgIpc) is 2.03. The number of benzene rings is 1. The summed E-state index contributed by atoms with van der Waals surface area (Å²) < 4.78 is 5.17. The monoisotopic (exact) mass is 151 g/mol. The second-order valence-corrected chi connectivity index (χ2v) is 1.90. The lowest BCUT2D eigenvalue weighted by molar-refractivity contribution is 0.480. The molecule has 2 heteroatoms. The van der Waals surface area contributed by atoms with Crippen LogP contribution in [0.2, 0.25) is 0 Å². The van der Waals surface area contributed by atoms with Crippen LogP contribution in [0.1, 0.15) is 6.92 Å². The third-order valence-corrected chi connectivity index (χ3v) is 1.08. The maximum Gasteiger partial charge on any atom is 0.126 e. The fourth-order valence-electron chi connectivity index (χ4n) is 0.646. The predicted octanol–water partition coefficient (Wildman–Crippen LogP) is 2.76. The Morgan fingerprint density at radius 3 is 2.36 bits per heavy atom. The summed E-state index contributed by atoms with van der Waals surface area (Å²) in [4.78, 5) is 0. The van der Waals surface area contributed by atoms with Gasteiger partial charge in [0.1, 0.15) is 5.75 Å². The Labute approximate surface area is 67.1 Å². The van der Waals surface area contributed by atoms with Crippen molar-refractivity contribution in [3.8, 4) is 5.75 Å². The third-order valence-electron chi connectivity index (χ3n) is 1.08. The Hall–Kier alpha value is -1.28. The van der Waals surface area contributed by atoms with Crippen LogP contribution < -0.4 is 10.9 Å². The minimum atomic E-state index is 0. The fourth-order valence-corrected chi connectivity index (χ4v) is 0.646. The third kappa shape index (κ3) is 3.43. The highest BCUT2D eigenvalue weighted by molar-refractivity contribution is 5.21. The lowest BCUT2D eigenvalue weighted by Gasteiger charge is -1.96. The van der Waals surface area contributed by atoms with Crippen molar-refractivity contribution in [2.24, 2.45) is 0 Å². The van der Waals surface area contributed by atoms with Crippen LogP contribution in [0.3, 0.4) is 0 Å². The molecule has 0 heterocycles. The summed E-state index contributed by atoms with van der Waals surface area (Å²) in [7, 11) is 0. The quantitative estimate of drug-likeness (QED) is 0.660. The minimum Gasteiger partial charge on any atom is -0.465 e. The molecule has 0 unspecified atom stereocenters. The molecule has 0 bridgehead atoms. The molecular weight excluding hydrogens is 138 g/mol. The Morgan fingerprint density at radius 1 is 1.18 bits per heavy atom. The molecule has 0 radical (unpaired) electrons. The summed E-state index contributed by atoms with van der Waals surface area (Å²) in [6.07, 6.45) is 3.52. The summed E-state index contributed by atoms with van der Waals surface area (Å²) in [6, 6.07) is 9.68. The molecule has 11 heavy (non-hydrogen) atoms. The summed E-state index contributed by atoms with van der Waals surface area (Å²) >= 11 is 0. The van der Waals surface area contributed by atoms with Crippen LogP contribution in [0.15, 0.2) is 42.7 Å². The van der Waals surface area contributed by atoms with E-state index in [2.05, 4.69) is 0 Å². The number of allylic oxidation sites excluding steroid dienone is 1. The number of para-hydroxylation sites is 1. The fraction of sp³-hybridized carbons (Fsp3) is 0.111. The highest BCUT2D eigenvalue weighted by Gasteiger charge is 1.83. The van der Waals surface area contributed by atoms with E-state index < -0.39 is 0 Å². The average molecular weight is 151 g/mol. The van der Waals surface area contributed by atoms with Crippen LogP contribution in [-0.4, -0.2) is 0 Å². The van der Waals surface area contributed by atoms with Crippen molar-refractivity contribution in [3.05, 3.63) is 42.7 Å². The van der Waals surface area contributed by atoms with E-state index in [9.17, 15) is 0 Å². The van der Waals surface area contributed by atoms with Crippen molar-refractivity contribution in [1.82, 2.24) is 6.15 Å². The largest absolute Gasteiger partial charge is 0.465 e. The van der Waals surface area contributed by atoms with Gasteiger partial charge < -0.3 is 10.9 Å². The maximum atomic E-state index is 5.17. The van der Waals surface area contributed by atoms with Crippen molar-refractivity contribution in [2.75, 3.05) is 0 Å². The van der Waals surface area contributed by atoms with E-state index in [-0.39, 0.29) is 6.15 Å². The smallest absolute Gasteiger partial charge is 0.126 e. The van der Waals surface area contributed by atoms with Crippen molar-refractivity contribution in [2.45, 2.75) is 6.92 Å². The van der Waals surface area contributed by atoms with Crippen molar-refractivity contribution in [3.63, 3.8) is 0 Å². The number of hydrogen-bond donors (Lipinski definition) is 1. The topological polar surface area (TPSA) is 44.2 Å². The number of hydrogen-bond acceptors (Lipinski definition) is 2. The molecule has 0 amide bonds. The van der Waals surface area contributed by atoms with Gasteiger partial charge in [0.05, 0.1) is 6.26 Å². The lowest BCUT2D eigenvalue weighted by Crippen LogP contribution is -1.78. The van der Waals surface area contributed by atoms with Crippen LogP contribution in [0.4, 0.5) is 0 Å². The van der Waals surface area contributed by atoms with Gasteiger partial charge in [0.15, 0.2) is 0 Å². The van der Waals surface area contributed by atoms with E-state index in [4.69, 9.17) is 4.74 Å². The first-order valence-corrected chi connectivity index (χ1v) is 3.26. The van der Waals surface area contributed by atoms with Crippen LogP contribution >= 0.6 is 0 Å². The van der Waals surface area contributed by atoms with Gasteiger partial charge in [-0.25, -0.2) is 0 Å². The Bertz CT molecular complexity index is 206. The maximum absolute atomic E-state index is 5.17. The van der Waals surface area contributed by atoms with Gasteiger partial charge in [-0.2, -0.15) is 0 Å². The summed E-state index contributed by atoms with van der Waals surface area (Å²) in [5.41, 5.74) is 0. The van der Waals surface area contributed by atoms with Crippen LogP contribution in [0.5, 0.6) is 5.75 Å².